The largest absolute Gasteiger partial charge is 0.452 e. The molecule has 0 N–H and O–H groups in total. The van der Waals surface area contributed by atoms with Gasteiger partial charge in [-0.25, -0.2) is 9.78 Å². The Labute approximate surface area is 116 Å². The van der Waals surface area contributed by atoms with E-state index in [0.717, 1.165) is 0 Å². The van der Waals surface area contributed by atoms with E-state index < -0.39 is 5.97 Å². The summed E-state index contributed by atoms with van der Waals surface area (Å²) in [5.41, 5.74) is 0.396. The number of anilines is 1. The number of nitrogens with zero attached hydrogens (tertiary/aromatic N) is 4. The van der Waals surface area contributed by atoms with Gasteiger partial charge in [-0.05, 0) is 12.1 Å². The van der Waals surface area contributed by atoms with Crippen molar-refractivity contribution in [3.05, 3.63) is 35.7 Å². The molecule has 0 aliphatic heterocycles. The standard InChI is InChI=1S/C13H16N4O3/c1-4-10-15-16-11(20-10)8-19-13(18)9-6-5-7-14-12(9)17(2)3/h5-7H,4,8H2,1-3H3. The molecule has 0 fully saturated rings. The van der Waals surface area contributed by atoms with Crippen LogP contribution in [0.3, 0.4) is 0 Å². The Balaban J connectivity index is 2.05. The average molecular weight is 276 g/mol. The van der Waals surface area contributed by atoms with Crippen LogP contribution in [0.4, 0.5) is 5.82 Å². The van der Waals surface area contributed by atoms with E-state index >= 15 is 0 Å². The lowest BCUT2D eigenvalue weighted by Crippen LogP contribution is -2.17. The van der Waals surface area contributed by atoms with Crippen LogP contribution in [0.25, 0.3) is 0 Å². The minimum absolute atomic E-state index is 0.0480. The molecule has 0 radical (unpaired) electrons. The molecule has 7 heteroatoms. The van der Waals surface area contributed by atoms with Crippen molar-refractivity contribution in [1.29, 1.82) is 0 Å². The molecule has 0 aliphatic carbocycles. The molecular weight excluding hydrogens is 260 g/mol. The molecule has 0 amide bonds. The smallest absolute Gasteiger partial charge is 0.342 e. The lowest BCUT2D eigenvalue weighted by molar-refractivity contribution is 0.0437. The third-order valence-corrected chi connectivity index (χ3v) is 2.57. The Morgan fingerprint density at radius 3 is 2.75 bits per heavy atom. The molecule has 2 aromatic heterocycles. The first-order valence-corrected chi connectivity index (χ1v) is 6.22. The van der Waals surface area contributed by atoms with Gasteiger partial charge in [0.2, 0.25) is 5.89 Å². The van der Waals surface area contributed by atoms with E-state index in [-0.39, 0.29) is 12.5 Å². The van der Waals surface area contributed by atoms with Crippen molar-refractivity contribution in [2.75, 3.05) is 19.0 Å². The second-order valence-corrected chi connectivity index (χ2v) is 4.29. The second kappa shape index (κ2) is 6.14. The summed E-state index contributed by atoms with van der Waals surface area (Å²) in [5.74, 6) is 0.882. The maximum absolute atomic E-state index is 12.0. The van der Waals surface area contributed by atoms with Crippen LogP contribution in [0.15, 0.2) is 22.7 Å². The van der Waals surface area contributed by atoms with Crippen molar-refractivity contribution in [1.82, 2.24) is 15.2 Å². The van der Waals surface area contributed by atoms with Crippen LogP contribution < -0.4 is 4.90 Å². The number of aromatic nitrogens is 3. The van der Waals surface area contributed by atoms with Gasteiger partial charge in [-0.3, -0.25) is 0 Å². The van der Waals surface area contributed by atoms with Crippen LogP contribution in [-0.4, -0.2) is 35.2 Å². The number of esters is 1. The third-order valence-electron chi connectivity index (χ3n) is 2.57. The van der Waals surface area contributed by atoms with E-state index in [9.17, 15) is 4.79 Å². The van der Waals surface area contributed by atoms with Gasteiger partial charge in [0, 0.05) is 26.7 Å². The summed E-state index contributed by atoms with van der Waals surface area (Å²) in [6, 6.07) is 3.35. The van der Waals surface area contributed by atoms with Crippen LogP contribution in [0.2, 0.25) is 0 Å². The van der Waals surface area contributed by atoms with Gasteiger partial charge >= 0.3 is 5.97 Å². The van der Waals surface area contributed by atoms with Crippen molar-refractivity contribution in [2.45, 2.75) is 20.0 Å². The lowest BCUT2D eigenvalue weighted by atomic mass is 10.2. The summed E-state index contributed by atoms with van der Waals surface area (Å²) in [6.45, 7) is 1.86. The average Bonchev–Trinajstić information content (AvgIpc) is 2.92. The Morgan fingerprint density at radius 2 is 2.10 bits per heavy atom. The lowest BCUT2D eigenvalue weighted by Gasteiger charge is -2.14. The van der Waals surface area contributed by atoms with E-state index in [1.807, 2.05) is 21.0 Å². The summed E-state index contributed by atoms with van der Waals surface area (Å²) in [7, 11) is 3.62. The molecule has 106 valence electrons. The highest BCUT2D eigenvalue weighted by atomic mass is 16.5. The quantitative estimate of drug-likeness (QED) is 0.764. The van der Waals surface area contributed by atoms with Crippen LogP contribution in [0.1, 0.15) is 29.1 Å². The Morgan fingerprint density at radius 1 is 1.35 bits per heavy atom. The van der Waals surface area contributed by atoms with Gasteiger partial charge in [0.15, 0.2) is 6.61 Å². The number of pyridine rings is 1. The van der Waals surface area contributed by atoms with E-state index in [1.165, 1.54) is 0 Å². The molecular formula is C13H16N4O3. The number of aryl methyl sites for hydroxylation is 1. The van der Waals surface area contributed by atoms with Crippen molar-refractivity contribution in [2.24, 2.45) is 0 Å². The van der Waals surface area contributed by atoms with Crippen molar-refractivity contribution in [3.63, 3.8) is 0 Å². The first-order valence-electron chi connectivity index (χ1n) is 6.22. The zero-order chi connectivity index (χ0) is 14.5. The van der Waals surface area contributed by atoms with Crippen molar-refractivity contribution >= 4 is 11.8 Å². The summed E-state index contributed by atoms with van der Waals surface area (Å²) in [5, 5.41) is 7.59. The molecule has 0 saturated carbocycles. The molecule has 2 rings (SSSR count). The fourth-order valence-corrected chi connectivity index (χ4v) is 1.61. The molecule has 0 spiro atoms. The highest BCUT2D eigenvalue weighted by molar-refractivity contribution is 5.94. The molecule has 2 heterocycles. The van der Waals surface area contributed by atoms with Gasteiger partial charge in [-0.1, -0.05) is 6.92 Å². The van der Waals surface area contributed by atoms with Crippen LogP contribution in [0, 0.1) is 0 Å². The van der Waals surface area contributed by atoms with E-state index in [2.05, 4.69) is 15.2 Å². The zero-order valence-electron chi connectivity index (χ0n) is 11.7. The zero-order valence-corrected chi connectivity index (χ0v) is 11.7. The molecule has 2 aromatic rings. The fraction of sp³-hybridized carbons (Fsp3) is 0.385. The SMILES string of the molecule is CCc1nnc(COC(=O)c2cccnc2N(C)C)o1. The summed E-state index contributed by atoms with van der Waals surface area (Å²) in [4.78, 5) is 17.9. The number of ether oxygens (including phenoxy) is 1. The summed E-state index contributed by atoms with van der Waals surface area (Å²) < 4.78 is 10.4. The first kappa shape index (κ1) is 14.0. The Hall–Kier alpha value is -2.44. The number of carbonyl (C=O) groups excluding carboxylic acids is 1. The number of hydrogen-bond donors (Lipinski definition) is 0. The van der Waals surface area contributed by atoms with Crippen molar-refractivity contribution in [3.8, 4) is 0 Å². The highest BCUT2D eigenvalue weighted by Gasteiger charge is 2.16. The molecule has 0 atom stereocenters. The molecule has 0 aromatic carbocycles. The maximum Gasteiger partial charge on any atom is 0.342 e. The van der Waals surface area contributed by atoms with Crippen LogP contribution in [0.5, 0.6) is 0 Å². The molecule has 0 saturated heterocycles. The second-order valence-electron chi connectivity index (χ2n) is 4.29. The summed E-state index contributed by atoms with van der Waals surface area (Å²) in [6.07, 6.45) is 2.27. The minimum Gasteiger partial charge on any atom is -0.452 e. The molecule has 0 unspecified atom stereocenters. The predicted octanol–water partition coefficient (Wildman–Crippen LogP) is 1.45. The van der Waals surface area contributed by atoms with Crippen LogP contribution >= 0.6 is 0 Å². The number of rotatable bonds is 5. The first-order chi connectivity index (χ1) is 9.61. The van der Waals surface area contributed by atoms with Crippen molar-refractivity contribution < 1.29 is 13.9 Å². The third kappa shape index (κ3) is 3.11. The van der Waals surface area contributed by atoms with E-state index in [0.29, 0.717) is 23.7 Å². The molecule has 7 nitrogen and oxygen atoms in total. The van der Waals surface area contributed by atoms with Gasteiger partial charge in [0.1, 0.15) is 11.4 Å². The summed E-state index contributed by atoms with van der Waals surface area (Å²) >= 11 is 0. The fourth-order valence-electron chi connectivity index (χ4n) is 1.61. The van der Waals surface area contributed by atoms with E-state index in [1.54, 1.807) is 23.2 Å². The Bertz CT molecular complexity index is 595. The van der Waals surface area contributed by atoms with Gasteiger partial charge < -0.3 is 14.1 Å². The monoisotopic (exact) mass is 276 g/mol. The highest BCUT2D eigenvalue weighted by Crippen LogP contribution is 2.16. The predicted molar refractivity (Wildman–Crippen MR) is 71.4 cm³/mol. The maximum atomic E-state index is 12.0. The van der Waals surface area contributed by atoms with Gasteiger partial charge in [0.25, 0.3) is 5.89 Å². The number of hydrogen-bond acceptors (Lipinski definition) is 7. The topological polar surface area (TPSA) is 81.3 Å². The number of carbonyl (C=O) groups is 1. The van der Waals surface area contributed by atoms with Crippen LogP contribution in [-0.2, 0) is 17.8 Å². The van der Waals surface area contributed by atoms with Gasteiger partial charge in [-0.15, -0.1) is 10.2 Å². The Kier molecular flexibility index (Phi) is 4.29. The molecule has 0 aliphatic rings. The van der Waals surface area contributed by atoms with Gasteiger partial charge in [0.05, 0.1) is 0 Å². The molecule has 20 heavy (non-hydrogen) atoms. The van der Waals surface area contributed by atoms with E-state index in [4.69, 9.17) is 9.15 Å². The normalized spacial score (nSPS) is 10.3. The minimum atomic E-state index is -0.474. The molecule has 0 bridgehead atoms. The van der Waals surface area contributed by atoms with Gasteiger partial charge in [-0.2, -0.15) is 0 Å².